The van der Waals surface area contributed by atoms with E-state index < -0.39 is 12.0 Å². The smallest absolute Gasteiger partial charge is 0.326 e. The van der Waals surface area contributed by atoms with Crippen molar-refractivity contribution in [3.8, 4) is 5.75 Å². The van der Waals surface area contributed by atoms with Crippen LogP contribution in [-0.2, 0) is 20.7 Å². The van der Waals surface area contributed by atoms with Crippen LogP contribution >= 0.6 is 0 Å². The molecule has 1 aromatic carbocycles. The number of carbonyl (C=O) groups excluding carboxylic acids is 1. The van der Waals surface area contributed by atoms with Crippen LogP contribution in [0.1, 0.15) is 18.9 Å². The van der Waals surface area contributed by atoms with Crippen molar-refractivity contribution in [1.82, 2.24) is 5.32 Å². The fourth-order valence-corrected chi connectivity index (χ4v) is 2.42. The van der Waals surface area contributed by atoms with Crippen LogP contribution in [0.2, 0.25) is 0 Å². The van der Waals surface area contributed by atoms with Gasteiger partial charge in [0.15, 0.2) is 0 Å². The number of carbonyl (C=O) groups is 2. The minimum absolute atomic E-state index is 0.117. The summed E-state index contributed by atoms with van der Waals surface area (Å²) in [6, 6.07) is 5.26. The molecular formula is C15H19NO5. The molecule has 3 atom stereocenters. The highest BCUT2D eigenvalue weighted by Gasteiger charge is 2.33. The Balaban J connectivity index is 2.00. The lowest BCUT2D eigenvalue weighted by molar-refractivity contribution is -0.142. The lowest BCUT2D eigenvalue weighted by atomic mass is 10.00. The van der Waals surface area contributed by atoms with E-state index in [9.17, 15) is 19.8 Å². The Hall–Kier alpha value is -2.08. The Morgan fingerprint density at radius 3 is 2.57 bits per heavy atom. The number of phenolic OH excluding ortho intramolecular Hbond substituents is 1. The number of benzene rings is 1. The first-order chi connectivity index (χ1) is 9.97. The number of carboxylic acid groups (broad SMARTS) is 1. The van der Waals surface area contributed by atoms with Crippen molar-refractivity contribution in [2.45, 2.75) is 31.9 Å². The van der Waals surface area contributed by atoms with Crippen molar-refractivity contribution in [2.24, 2.45) is 5.92 Å². The van der Waals surface area contributed by atoms with Gasteiger partial charge in [0.25, 0.3) is 0 Å². The predicted molar refractivity (Wildman–Crippen MR) is 74.9 cm³/mol. The molecule has 2 unspecified atom stereocenters. The lowest BCUT2D eigenvalue weighted by Crippen LogP contribution is -2.46. The summed E-state index contributed by atoms with van der Waals surface area (Å²) in [4.78, 5) is 23.4. The number of hydrogen-bond donors (Lipinski definition) is 3. The van der Waals surface area contributed by atoms with Crippen LogP contribution in [0.3, 0.4) is 0 Å². The molecule has 6 heteroatoms. The van der Waals surface area contributed by atoms with Gasteiger partial charge in [-0.15, -0.1) is 0 Å². The molecule has 0 aliphatic carbocycles. The van der Waals surface area contributed by atoms with Crippen LogP contribution in [-0.4, -0.2) is 40.8 Å². The van der Waals surface area contributed by atoms with Gasteiger partial charge in [-0.3, -0.25) is 4.79 Å². The van der Waals surface area contributed by atoms with E-state index in [4.69, 9.17) is 4.74 Å². The molecular weight excluding hydrogens is 274 g/mol. The second-order valence-corrected chi connectivity index (χ2v) is 5.24. The molecule has 0 bridgehead atoms. The Labute approximate surface area is 122 Å². The molecule has 0 saturated carbocycles. The number of hydrogen-bond acceptors (Lipinski definition) is 4. The number of phenols is 1. The summed E-state index contributed by atoms with van der Waals surface area (Å²) >= 11 is 0. The highest BCUT2D eigenvalue weighted by Crippen LogP contribution is 2.21. The number of amides is 1. The number of nitrogens with one attached hydrogen (secondary N) is 1. The number of ether oxygens (including phenoxy) is 1. The number of aliphatic carboxylic acids is 1. The fourth-order valence-electron chi connectivity index (χ4n) is 2.42. The molecule has 2 rings (SSSR count). The summed E-state index contributed by atoms with van der Waals surface area (Å²) in [5.41, 5.74) is 0.733. The SMILES string of the molecule is CC1OCCC1C(=O)N[C@@H](Cc1ccc(O)cc1)C(=O)O. The monoisotopic (exact) mass is 293 g/mol. The van der Waals surface area contributed by atoms with E-state index >= 15 is 0 Å². The van der Waals surface area contributed by atoms with E-state index in [1.807, 2.05) is 6.92 Å². The highest BCUT2D eigenvalue weighted by molar-refractivity contribution is 5.85. The first-order valence-electron chi connectivity index (χ1n) is 6.90. The number of aromatic hydroxyl groups is 1. The minimum atomic E-state index is -1.08. The quantitative estimate of drug-likeness (QED) is 0.750. The average molecular weight is 293 g/mol. The van der Waals surface area contributed by atoms with Gasteiger partial charge in [0.1, 0.15) is 11.8 Å². The van der Waals surface area contributed by atoms with Crippen LogP contribution in [0, 0.1) is 5.92 Å². The number of rotatable bonds is 5. The van der Waals surface area contributed by atoms with Gasteiger partial charge in [-0.05, 0) is 31.0 Å². The van der Waals surface area contributed by atoms with E-state index in [1.54, 1.807) is 12.1 Å². The topological polar surface area (TPSA) is 95.9 Å². The second kappa shape index (κ2) is 6.58. The lowest BCUT2D eigenvalue weighted by Gasteiger charge is -2.19. The molecule has 21 heavy (non-hydrogen) atoms. The summed E-state index contributed by atoms with van der Waals surface area (Å²) in [6.45, 7) is 2.34. The Morgan fingerprint density at radius 1 is 1.38 bits per heavy atom. The van der Waals surface area contributed by atoms with E-state index in [0.717, 1.165) is 5.56 Å². The molecule has 0 radical (unpaired) electrons. The third-order valence-electron chi connectivity index (χ3n) is 3.70. The van der Waals surface area contributed by atoms with Crippen LogP contribution < -0.4 is 5.32 Å². The molecule has 1 heterocycles. The predicted octanol–water partition coefficient (Wildman–Crippen LogP) is 0.929. The molecule has 1 amide bonds. The van der Waals surface area contributed by atoms with Gasteiger partial charge >= 0.3 is 5.97 Å². The van der Waals surface area contributed by atoms with E-state index in [2.05, 4.69) is 5.32 Å². The van der Waals surface area contributed by atoms with Crippen molar-refractivity contribution >= 4 is 11.9 Å². The van der Waals surface area contributed by atoms with E-state index in [-0.39, 0.29) is 30.1 Å². The van der Waals surface area contributed by atoms with Crippen molar-refractivity contribution in [2.75, 3.05) is 6.61 Å². The van der Waals surface area contributed by atoms with Gasteiger partial charge in [0, 0.05) is 13.0 Å². The molecule has 1 saturated heterocycles. The van der Waals surface area contributed by atoms with E-state index in [1.165, 1.54) is 12.1 Å². The minimum Gasteiger partial charge on any atom is -0.508 e. The summed E-state index contributed by atoms with van der Waals surface area (Å²) < 4.78 is 5.32. The van der Waals surface area contributed by atoms with Crippen LogP contribution in [0.4, 0.5) is 0 Å². The van der Waals surface area contributed by atoms with Gasteiger partial charge in [-0.2, -0.15) is 0 Å². The standard InChI is InChI=1S/C15H19NO5/c1-9-12(6-7-21-9)14(18)16-13(15(19)20)8-10-2-4-11(17)5-3-10/h2-5,9,12-13,17H,6-8H2,1H3,(H,16,18)(H,19,20)/t9?,12?,13-/m0/s1. The molecule has 1 aliphatic heterocycles. The molecule has 1 aliphatic rings. The van der Waals surface area contributed by atoms with Gasteiger partial charge in [-0.1, -0.05) is 12.1 Å². The Morgan fingerprint density at radius 2 is 2.05 bits per heavy atom. The third-order valence-corrected chi connectivity index (χ3v) is 3.70. The summed E-state index contributed by atoms with van der Waals surface area (Å²) in [6.07, 6.45) is 0.593. The Kier molecular flexibility index (Phi) is 4.80. The normalized spacial score (nSPS) is 22.7. The second-order valence-electron chi connectivity index (χ2n) is 5.24. The maximum atomic E-state index is 12.1. The molecule has 114 valence electrons. The van der Waals surface area contributed by atoms with Crippen LogP contribution in [0.25, 0.3) is 0 Å². The van der Waals surface area contributed by atoms with Crippen molar-refractivity contribution < 1.29 is 24.5 Å². The third kappa shape index (κ3) is 3.95. The average Bonchev–Trinajstić information content (AvgIpc) is 2.86. The summed E-state index contributed by atoms with van der Waals surface area (Å²) in [7, 11) is 0. The van der Waals surface area contributed by atoms with Crippen LogP contribution in [0.5, 0.6) is 5.75 Å². The van der Waals surface area contributed by atoms with Gasteiger partial charge in [-0.25, -0.2) is 4.79 Å². The van der Waals surface area contributed by atoms with Gasteiger partial charge in [0.05, 0.1) is 12.0 Å². The zero-order valence-corrected chi connectivity index (χ0v) is 11.8. The molecule has 1 fully saturated rings. The molecule has 0 aromatic heterocycles. The van der Waals surface area contributed by atoms with Crippen LogP contribution in [0.15, 0.2) is 24.3 Å². The van der Waals surface area contributed by atoms with Crippen molar-refractivity contribution in [1.29, 1.82) is 0 Å². The first kappa shape index (κ1) is 15.3. The van der Waals surface area contributed by atoms with Gasteiger partial charge < -0.3 is 20.3 Å². The molecule has 0 spiro atoms. The maximum Gasteiger partial charge on any atom is 0.326 e. The Bertz CT molecular complexity index is 513. The highest BCUT2D eigenvalue weighted by atomic mass is 16.5. The zero-order chi connectivity index (χ0) is 15.4. The largest absolute Gasteiger partial charge is 0.508 e. The number of carboxylic acids is 1. The zero-order valence-electron chi connectivity index (χ0n) is 11.8. The van der Waals surface area contributed by atoms with Gasteiger partial charge in [0.2, 0.25) is 5.91 Å². The van der Waals surface area contributed by atoms with Crippen molar-refractivity contribution in [3.63, 3.8) is 0 Å². The summed E-state index contributed by atoms with van der Waals surface area (Å²) in [5, 5.41) is 21.0. The molecule has 3 N–H and O–H groups in total. The van der Waals surface area contributed by atoms with E-state index in [0.29, 0.717) is 13.0 Å². The van der Waals surface area contributed by atoms with Crippen molar-refractivity contribution in [3.05, 3.63) is 29.8 Å². The first-order valence-corrected chi connectivity index (χ1v) is 6.90. The summed E-state index contributed by atoms with van der Waals surface area (Å²) in [5.74, 6) is -1.55. The maximum absolute atomic E-state index is 12.1. The fraction of sp³-hybridized carbons (Fsp3) is 0.467. The molecule has 1 aromatic rings. The molecule has 6 nitrogen and oxygen atoms in total.